The van der Waals surface area contributed by atoms with Crippen molar-refractivity contribution in [2.75, 3.05) is 11.9 Å². The fourth-order valence-electron chi connectivity index (χ4n) is 2.82. The second-order valence-electron chi connectivity index (χ2n) is 6.86. The van der Waals surface area contributed by atoms with Crippen LogP contribution in [0, 0.1) is 6.92 Å². The Labute approximate surface area is 166 Å². The Morgan fingerprint density at radius 3 is 2.29 bits per heavy atom. The number of benzene rings is 3. The Kier molecular flexibility index (Phi) is 6.82. The second kappa shape index (κ2) is 9.72. The quantitative estimate of drug-likeness (QED) is 0.592. The summed E-state index contributed by atoms with van der Waals surface area (Å²) >= 11 is 0. The summed E-state index contributed by atoms with van der Waals surface area (Å²) in [5.74, 6) is 0.505. The van der Waals surface area contributed by atoms with E-state index in [0.717, 1.165) is 17.8 Å². The Bertz CT molecular complexity index is 875. The molecule has 0 bridgehead atoms. The highest BCUT2D eigenvalue weighted by Crippen LogP contribution is 2.15. The van der Waals surface area contributed by atoms with Crippen molar-refractivity contribution in [3.8, 4) is 5.75 Å². The summed E-state index contributed by atoms with van der Waals surface area (Å²) in [6, 6.07) is 26.1. The van der Waals surface area contributed by atoms with Crippen LogP contribution < -0.4 is 15.4 Å². The van der Waals surface area contributed by atoms with Gasteiger partial charge in [0.15, 0.2) is 6.61 Å². The van der Waals surface area contributed by atoms with Crippen molar-refractivity contribution in [3.63, 3.8) is 0 Å². The lowest BCUT2D eigenvalue weighted by Gasteiger charge is -2.14. The average Bonchev–Trinajstić information content (AvgIpc) is 2.73. The van der Waals surface area contributed by atoms with Gasteiger partial charge >= 0.3 is 0 Å². The third-order valence-electron chi connectivity index (χ3n) is 4.54. The van der Waals surface area contributed by atoms with Gasteiger partial charge in [-0.05, 0) is 49.2 Å². The van der Waals surface area contributed by atoms with Crippen molar-refractivity contribution < 1.29 is 9.53 Å². The zero-order valence-electron chi connectivity index (χ0n) is 16.3. The van der Waals surface area contributed by atoms with Crippen LogP contribution in [0.1, 0.15) is 29.7 Å². The van der Waals surface area contributed by atoms with Gasteiger partial charge in [-0.15, -0.1) is 0 Å². The van der Waals surface area contributed by atoms with Crippen LogP contribution >= 0.6 is 0 Å². The minimum Gasteiger partial charge on any atom is -0.484 e. The van der Waals surface area contributed by atoms with Crippen molar-refractivity contribution in [1.29, 1.82) is 0 Å². The fourth-order valence-corrected chi connectivity index (χ4v) is 2.82. The maximum atomic E-state index is 12.0. The van der Waals surface area contributed by atoms with Crippen molar-refractivity contribution in [2.45, 2.75) is 26.4 Å². The van der Waals surface area contributed by atoms with Crippen LogP contribution in [0.15, 0.2) is 78.9 Å². The summed E-state index contributed by atoms with van der Waals surface area (Å²) in [7, 11) is 0. The lowest BCUT2D eigenvalue weighted by Crippen LogP contribution is -2.20. The predicted molar refractivity (Wildman–Crippen MR) is 113 cm³/mol. The molecule has 0 fully saturated rings. The number of amides is 1. The zero-order valence-corrected chi connectivity index (χ0v) is 16.3. The van der Waals surface area contributed by atoms with Gasteiger partial charge in [0, 0.05) is 18.3 Å². The van der Waals surface area contributed by atoms with Crippen molar-refractivity contribution in [3.05, 3.63) is 95.6 Å². The summed E-state index contributed by atoms with van der Waals surface area (Å²) in [6.45, 7) is 4.91. The Balaban J connectivity index is 1.43. The van der Waals surface area contributed by atoms with Gasteiger partial charge < -0.3 is 15.4 Å². The molecule has 0 heterocycles. The van der Waals surface area contributed by atoms with E-state index in [1.165, 1.54) is 11.1 Å². The fraction of sp³-hybridized carbons (Fsp3) is 0.208. The Morgan fingerprint density at radius 1 is 0.929 bits per heavy atom. The maximum Gasteiger partial charge on any atom is 0.262 e. The first-order valence-corrected chi connectivity index (χ1v) is 9.47. The number of carbonyl (C=O) groups is 1. The second-order valence-corrected chi connectivity index (χ2v) is 6.86. The standard InChI is InChI=1S/C24H26N2O2/c1-18-8-12-22(13-9-18)26-24(27)17-28-23-14-10-20(11-15-23)16-25-19(2)21-6-4-3-5-7-21/h3-15,19,25H,16-17H2,1-2H3,(H,26,27)/t19-/m1/s1. The number of nitrogens with one attached hydrogen (secondary N) is 2. The third-order valence-corrected chi connectivity index (χ3v) is 4.54. The summed E-state index contributed by atoms with van der Waals surface area (Å²) in [6.07, 6.45) is 0. The van der Waals surface area contributed by atoms with E-state index in [4.69, 9.17) is 4.74 Å². The first kappa shape index (κ1) is 19.6. The van der Waals surface area contributed by atoms with Crippen LogP contribution in [0.5, 0.6) is 5.75 Å². The third kappa shape index (κ3) is 5.96. The molecule has 0 saturated heterocycles. The average molecular weight is 374 g/mol. The smallest absolute Gasteiger partial charge is 0.262 e. The monoisotopic (exact) mass is 374 g/mol. The van der Waals surface area contributed by atoms with Gasteiger partial charge in [-0.1, -0.05) is 60.2 Å². The van der Waals surface area contributed by atoms with Gasteiger partial charge in [0.1, 0.15) is 5.75 Å². The molecule has 0 radical (unpaired) electrons. The minimum atomic E-state index is -0.175. The number of ether oxygens (including phenoxy) is 1. The summed E-state index contributed by atoms with van der Waals surface area (Å²) in [5.41, 5.74) is 4.36. The van der Waals surface area contributed by atoms with Crippen LogP contribution in [-0.4, -0.2) is 12.5 Å². The molecular weight excluding hydrogens is 348 g/mol. The molecule has 4 nitrogen and oxygen atoms in total. The predicted octanol–water partition coefficient (Wildman–Crippen LogP) is 4.86. The molecule has 0 aromatic heterocycles. The van der Waals surface area contributed by atoms with Crippen LogP contribution in [0.4, 0.5) is 5.69 Å². The molecule has 0 aliphatic rings. The normalized spacial score (nSPS) is 11.6. The lowest BCUT2D eigenvalue weighted by atomic mass is 10.1. The van der Waals surface area contributed by atoms with Crippen molar-refractivity contribution in [1.82, 2.24) is 5.32 Å². The first-order valence-electron chi connectivity index (χ1n) is 9.47. The summed E-state index contributed by atoms with van der Waals surface area (Å²) in [4.78, 5) is 12.0. The van der Waals surface area contributed by atoms with Gasteiger partial charge in [0.2, 0.25) is 0 Å². The molecule has 3 aromatic rings. The SMILES string of the molecule is Cc1ccc(NC(=O)COc2ccc(CN[C@H](C)c3ccccc3)cc2)cc1. The van der Waals surface area contributed by atoms with Gasteiger partial charge in [0.05, 0.1) is 0 Å². The number of hydrogen-bond acceptors (Lipinski definition) is 3. The van der Waals surface area contributed by atoms with E-state index in [0.29, 0.717) is 5.75 Å². The van der Waals surface area contributed by atoms with Gasteiger partial charge in [-0.3, -0.25) is 4.79 Å². The van der Waals surface area contributed by atoms with E-state index in [-0.39, 0.29) is 18.6 Å². The largest absolute Gasteiger partial charge is 0.484 e. The first-order chi connectivity index (χ1) is 13.6. The van der Waals surface area contributed by atoms with Crippen LogP contribution in [-0.2, 0) is 11.3 Å². The number of aryl methyl sites for hydroxylation is 1. The van der Waals surface area contributed by atoms with E-state index in [2.05, 4.69) is 41.8 Å². The molecule has 144 valence electrons. The van der Waals surface area contributed by atoms with Gasteiger partial charge in [0.25, 0.3) is 5.91 Å². The van der Waals surface area contributed by atoms with Crippen LogP contribution in [0.3, 0.4) is 0 Å². The number of rotatable bonds is 8. The van der Waals surface area contributed by atoms with E-state index in [1.807, 2.05) is 61.5 Å². The molecule has 0 aliphatic carbocycles. The van der Waals surface area contributed by atoms with E-state index in [1.54, 1.807) is 0 Å². The molecule has 1 amide bonds. The topological polar surface area (TPSA) is 50.4 Å². The van der Waals surface area contributed by atoms with Gasteiger partial charge in [-0.2, -0.15) is 0 Å². The molecule has 0 saturated carbocycles. The zero-order chi connectivity index (χ0) is 19.8. The van der Waals surface area contributed by atoms with Crippen LogP contribution in [0.25, 0.3) is 0 Å². The highest BCUT2D eigenvalue weighted by atomic mass is 16.5. The van der Waals surface area contributed by atoms with E-state index >= 15 is 0 Å². The summed E-state index contributed by atoms with van der Waals surface area (Å²) < 4.78 is 5.58. The van der Waals surface area contributed by atoms with Crippen LogP contribution in [0.2, 0.25) is 0 Å². The lowest BCUT2D eigenvalue weighted by molar-refractivity contribution is -0.118. The molecule has 3 rings (SSSR count). The number of carbonyl (C=O) groups excluding carboxylic acids is 1. The molecular formula is C24H26N2O2. The molecule has 3 aromatic carbocycles. The van der Waals surface area contributed by atoms with E-state index in [9.17, 15) is 4.79 Å². The number of hydrogen-bond donors (Lipinski definition) is 2. The Morgan fingerprint density at radius 2 is 1.61 bits per heavy atom. The molecule has 0 spiro atoms. The molecule has 1 atom stereocenters. The summed E-state index contributed by atoms with van der Waals surface area (Å²) in [5, 5.41) is 6.34. The molecule has 28 heavy (non-hydrogen) atoms. The molecule has 4 heteroatoms. The van der Waals surface area contributed by atoms with E-state index < -0.39 is 0 Å². The highest BCUT2D eigenvalue weighted by molar-refractivity contribution is 5.91. The Hall–Kier alpha value is -3.11. The van der Waals surface area contributed by atoms with Gasteiger partial charge in [-0.25, -0.2) is 0 Å². The molecule has 0 unspecified atom stereocenters. The highest BCUT2D eigenvalue weighted by Gasteiger charge is 2.06. The maximum absolute atomic E-state index is 12.0. The van der Waals surface area contributed by atoms with Crippen molar-refractivity contribution >= 4 is 11.6 Å². The molecule has 0 aliphatic heterocycles. The minimum absolute atomic E-state index is 0.0173. The van der Waals surface area contributed by atoms with Crippen molar-refractivity contribution in [2.24, 2.45) is 0 Å². The number of anilines is 1. The molecule has 2 N–H and O–H groups in total.